The predicted octanol–water partition coefficient (Wildman–Crippen LogP) is 1.23. The van der Waals surface area contributed by atoms with Gasteiger partial charge in [-0.05, 0) is 31.9 Å². The lowest BCUT2D eigenvalue weighted by Gasteiger charge is -2.37. The van der Waals surface area contributed by atoms with Crippen molar-refractivity contribution in [3.05, 3.63) is 18.0 Å². The first-order valence-electron chi connectivity index (χ1n) is 7.13. The van der Waals surface area contributed by atoms with Crippen LogP contribution in [0.2, 0.25) is 0 Å². The third kappa shape index (κ3) is 2.80. The first-order chi connectivity index (χ1) is 10.8. The average Bonchev–Trinajstić information content (AvgIpc) is 2.90. The minimum atomic E-state index is -4.64. The summed E-state index contributed by atoms with van der Waals surface area (Å²) in [7, 11) is 0. The number of nitrogens with two attached hydrogens (primary N) is 1. The average molecular weight is 328 g/mol. The van der Waals surface area contributed by atoms with Crippen molar-refractivity contribution in [1.82, 2.24) is 19.8 Å². The van der Waals surface area contributed by atoms with Gasteiger partial charge in [-0.15, -0.1) is 15.3 Å². The molecule has 1 aliphatic heterocycles. The Labute approximate surface area is 129 Å². The van der Waals surface area contributed by atoms with Crippen LogP contribution in [0.15, 0.2) is 12.1 Å². The zero-order valence-corrected chi connectivity index (χ0v) is 12.3. The fourth-order valence-electron chi connectivity index (χ4n) is 2.77. The number of alkyl halides is 3. The molecule has 2 unspecified atom stereocenters. The maximum Gasteiger partial charge on any atom is 0.453 e. The SMILES string of the molecule is CC1CCC(C(N)=O)CN1c1ccc2nnc(C(F)(F)F)n2n1. The van der Waals surface area contributed by atoms with Crippen LogP contribution in [0.3, 0.4) is 0 Å². The molecule has 0 spiro atoms. The van der Waals surface area contributed by atoms with Crippen molar-refractivity contribution in [2.24, 2.45) is 11.7 Å². The van der Waals surface area contributed by atoms with Crippen LogP contribution in [0.1, 0.15) is 25.6 Å². The van der Waals surface area contributed by atoms with Gasteiger partial charge < -0.3 is 10.6 Å². The summed E-state index contributed by atoms with van der Waals surface area (Å²) in [6.45, 7) is 2.26. The minimum absolute atomic E-state index is 0.0113. The van der Waals surface area contributed by atoms with Crippen LogP contribution in [0.4, 0.5) is 19.0 Å². The van der Waals surface area contributed by atoms with Crippen molar-refractivity contribution in [1.29, 1.82) is 0 Å². The third-order valence-electron chi connectivity index (χ3n) is 4.08. The van der Waals surface area contributed by atoms with E-state index < -0.39 is 17.9 Å². The van der Waals surface area contributed by atoms with Gasteiger partial charge in [-0.2, -0.15) is 17.7 Å². The molecule has 1 fully saturated rings. The number of halogens is 3. The number of piperidine rings is 1. The van der Waals surface area contributed by atoms with Gasteiger partial charge in [0.25, 0.3) is 5.82 Å². The zero-order valence-electron chi connectivity index (χ0n) is 12.3. The van der Waals surface area contributed by atoms with E-state index in [0.29, 0.717) is 29.7 Å². The molecule has 0 aromatic carbocycles. The molecular weight excluding hydrogens is 313 g/mol. The molecule has 10 heteroatoms. The monoisotopic (exact) mass is 328 g/mol. The topological polar surface area (TPSA) is 89.4 Å². The molecule has 23 heavy (non-hydrogen) atoms. The lowest BCUT2D eigenvalue weighted by atomic mass is 9.93. The normalized spacial score (nSPS) is 22.5. The number of amides is 1. The Morgan fingerprint density at radius 3 is 2.70 bits per heavy atom. The highest BCUT2D eigenvalue weighted by atomic mass is 19.4. The molecule has 1 saturated heterocycles. The molecule has 2 atom stereocenters. The lowest BCUT2D eigenvalue weighted by molar-refractivity contribution is -0.146. The van der Waals surface area contributed by atoms with Gasteiger partial charge in [0.1, 0.15) is 5.82 Å². The summed E-state index contributed by atoms with van der Waals surface area (Å²) in [4.78, 5) is 13.2. The summed E-state index contributed by atoms with van der Waals surface area (Å²) in [5, 5.41) is 10.6. The number of carbonyl (C=O) groups excluding carboxylic acids is 1. The Balaban J connectivity index is 2.00. The first-order valence-corrected chi connectivity index (χ1v) is 7.13. The first kappa shape index (κ1) is 15.5. The van der Waals surface area contributed by atoms with Gasteiger partial charge in [0, 0.05) is 12.6 Å². The van der Waals surface area contributed by atoms with E-state index in [1.807, 2.05) is 6.92 Å². The molecule has 1 aliphatic rings. The Bertz CT molecular complexity index is 743. The summed E-state index contributed by atoms with van der Waals surface area (Å²) >= 11 is 0. The van der Waals surface area contributed by atoms with E-state index in [1.165, 1.54) is 6.07 Å². The third-order valence-corrected chi connectivity index (χ3v) is 4.08. The van der Waals surface area contributed by atoms with Gasteiger partial charge in [-0.25, -0.2) is 0 Å². The molecule has 2 aromatic heterocycles. The van der Waals surface area contributed by atoms with Gasteiger partial charge in [-0.3, -0.25) is 4.79 Å². The fraction of sp³-hybridized carbons (Fsp3) is 0.538. The number of primary amides is 1. The molecule has 7 nitrogen and oxygen atoms in total. The Hall–Kier alpha value is -2.39. The summed E-state index contributed by atoms with van der Waals surface area (Å²) in [6, 6.07) is 3.04. The van der Waals surface area contributed by atoms with Gasteiger partial charge in [-0.1, -0.05) is 0 Å². The van der Waals surface area contributed by atoms with Crippen molar-refractivity contribution >= 4 is 17.4 Å². The van der Waals surface area contributed by atoms with Crippen LogP contribution < -0.4 is 10.6 Å². The maximum absolute atomic E-state index is 12.9. The van der Waals surface area contributed by atoms with Crippen LogP contribution >= 0.6 is 0 Å². The summed E-state index contributed by atoms with van der Waals surface area (Å²) in [5.41, 5.74) is 5.36. The molecular formula is C13H15F3N6O. The molecule has 2 N–H and O–H groups in total. The van der Waals surface area contributed by atoms with E-state index in [4.69, 9.17) is 5.73 Å². The summed E-state index contributed by atoms with van der Waals surface area (Å²) in [6.07, 6.45) is -3.27. The van der Waals surface area contributed by atoms with Crippen molar-refractivity contribution in [2.75, 3.05) is 11.4 Å². The molecule has 0 saturated carbocycles. The van der Waals surface area contributed by atoms with Gasteiger partial charge in [0.05, 0.1) is 5.92 Å². The maximum atomic E-state index is 12.9. The second kappa shape index (κ2) is 5.36. The Morgan fingerprint density at radius 2 is 2.04 bits per heavy atom. The van der Waals surface area contributed by atoms with Crippen LogP contribution in [0.5, 0.6) is 0 Å². The minimum Gasteiger partial charge on any atom is -0.369 e. The molecule has 0 bridgehead atoms. The molecule has 124 valence electrons. The smallest absolute Gasteiger partial charge is 0.369 e. The van der Waals surface area contributed by atoms with Crippen LogP contribution in [-0.4, -0.2) is 38.3 Å². The van der Waals surface area contributed by atoms with Gasteiger partial charge in [0.2, 0.25) is 5.91 Å². The molecule has 0 radical (unpaired) electrons. The quantitative estimate of drug-likeness (QED) is 0.896. The Morgan fingerprint density at radius 1 is 1.30 bits per heavy atom. The number of nitrogens with zero attached hydrogens (tertiary/aromatic N) is 5. The number of anilines is 1. The second-order valence-electron chi connectivity index (χ2n) is 5.66. The predicted molar refractivity (Wildman–Crippen MR) is 74.5 cm³/mol. The standard InChI is InChI=1S/C13H15F3N6O/c1-7-2-3-8(11(17)23)6-21(7)10-5-4-9-18-19-12(13(14,15)16)22(9)20-10/h4-5,7-8H,2-3,6H2,1H3,(H2,17,23). The van der Waals surface area contributed by atoms with Crippen LogP contribution in [-0.2, 0) is 11.0 Å². The van der Waals surface area contributed by atoms with E-state index in [1.54, 1.807) is 11.0 Å². The number of fused-ring (bicyclic) bond motifs is 1. The number of hydrogen-bond acceptors (Lipinski definition) is 5. The van der Waals surface area contributed by atoms with Crippen LogP contribution in [0, 0.1) is 5.92 Å². The summed E-state index contributed by atoms with van der Waals surface area (Å²) < 4.78 is 39.5. The van der Waals surface area contributed by atoms with Crippen molar-refractivity contribution in [2.45, 2.75) is 32.0 Å². The van der Waals surface area contributed by atoms with Crippen LogP contribution in [0.25, 0.3) is 5.65 Å². The molecule has 2 aromatic rings. The van der Waals surface area contributed by atoms with E-state index in [-0.39, 0.29) is 17.6 Å². The van der Waals surface area contributed by atoms with Gasteiger partial charge >= 0.3 is 6.18 Å². The lowest BCUT2D eigenvalue weighted by Crippen LogP contribution is -2.46. The number of rotatable bonds is 2. The highest BCUT2D eigenvalue weighted by Gasteiger charge is 2.38. The highest BCUT2D eigenvalue weighted by Crippen LogP contribution is 2.29. The van der Waals surface area contributed by atoms with Crippen molar-refractivity contribution in [3.8, 4) is 0 Å². The van der Waals surface area contributed by atoms with E-state index in [2.05, 4.69) is 15.3 Å². The highest BCUT2D eigenvalue weighted by molar-refractivity contribution is 5.77. The zero-order chi connectivity index (χ0) is 16.8. The van der Waals surface area contributed by atoms with E-state index >= 15 is 0 Å². The summed E-state index contributed by atoms with van der Waals surface area (Å²) in [5.74, 6) is -1.60. The molecule has 3 heterocycles. The molecule has 0 aliphatic carbocycles. The molecule has 3 rings (SSSR count). The van der Waals surface area contributed by atoms with Crippen molar-refractivity contribution < 1.29 is 18.0 Å². The Kier molecular flexibility index (Phi) is 3.61. The van der Waals surface area contributed by atoms with E-state index in [0.717, 1.165) is 0 Å². The van der Waals surface area contributed by atoms with E-state index in [9.17, 15) is 18.0 Å². The number of carbonyl (C=O) groups is 1. The number of aromatic nitrogens is 4. The second-order valence-corrected chi connectivity index (χ2v) is 5.66. The molecule has 1 amide bonds. The number of hydrogen-bond donors (Lipinski definition) is 1. The van der Waals surface area contributed by atoms with Gasteiger partial charge in [0.15, 0.2) is 5.65 Å². The fourth-order valence-corrected chi connectivity index (χ4v) is 2.77. The largest absolute Gasteiger partial charge is 0.453 e. The van der Waals surface area contributed by atoms with Crippen molar-refractivity contribution in [3.63, 3.8) is 0 Å².